The fourth-order valence-electron chi connectivity index (χ4n) is 2.24. The van der Waals surface area contributed by atoms with Crippen LogP contribution in [0, 0.1) is 5.92 Å². The number of nitrogens with one attached hydrogen (secondary N) is 1. The Bertz CT molecular complexity index is 452. The van der Waals surface area contributed by atoms with Gasteiger partial charge < -0.3 is 10.4 Å². The summed E-state index contributed by atoms with van der Waals surface area (Å²) >= 11 is 0. The van der Waals surface area contributed by atoms with Crippen LogP contribution in [0.4, 0.5) is 5.69 Å². The van der Waals surface area contributed by atoms with Crippen molar-refractivity contribution in [1.29, 1.82) is 0 Å². The van der Waals surface area contributed by atoms with Crippen LogP contribution in [0.2, 0.25) is 0 Å². The molecule has 3 nitrogen and oxygen atoms in total. The largest absolute Gasteiger partial charge is 0.389 e. The maximum Gasteiger partial charge on any atom is 0.227 e. The van der Waals surface area contributed by atoms with E-state index in [0.717, 1.165) is 24.8 Å². The quantitative estimate of drug-likeness (QED) is 0.804. The van der Waals surface area contributed by atoms with Gasteiger partial charge in [-0.2, -0.15) is 0 Å². The molecule has 2 rings (SSSR count). The average molecular weight is 245 g/mol. The van der Waals surface area contributed by atoms with E-state index in [1.807, 2.05) is 24.3 Å². The molecule has 3 heteroatoms. The third kappa shape index (κ3) is 2.99. The minimum Gasteiger partial charge on any atom is -0.389 e. The number of hydrogen-bond donors (Lipinski definition) is 2. The molecular formula is C15H19NO2. The number of amides is 1. The Morgan fingerprint density at radius 1 is 1.39 bits per heavy atom. The molecule has 0 saturated heterocycles. The first kappa shape index (κ1) is 12.8. The number of carbonyl (C=O) groups excluding carboxylic acids is 1. The zero-order chi connectivity index (χ0) is 13.0. The third-order valence-corrected chi connectivity index (χ3v) is 3.31. The lowest BCUT2D eigenvalue weighted by Crippen LogP contribution is -2.24. The molecule has 2 atom stereocenters. The van der Waals surface area contributed by atoms with Crippen molar-refractivity contribution in [1.82, 2.24) is 0 Å². The van der Waals surface area contributed by atoms with Gasteiger partial charge in [-0.25, -0.2) is 0 Å². The zero-order valence-electron chi connectivity index (χ0n) is 10.6. The van der Waals surface area contributed by atoms with Crippen molar-refractivity contribution in [3.8, 4) is 0 Å². The van der Waals surface area contributed by atoms with Crippen molar-refractivity contribution < 1.29 is 9.90 Å². The van der Waals surface area contributed by atoms with Crippen LogP contribution in [0.25, 0.3) is 0 Å². The second-order valence-electron chi connectivity index (χ2n) is 4.73. The molecule has 0 bridgehead atoms. The maximum atomic E-state index is 12.1. The minimum atomic E-state index is -0.576. The molecule has 2 N–H and O–H groups in total. The SMILES string of the molecule is CC(O)c1ccccc1NC(=O)C1CC=CCC1. The summed E-state index contributed by atoms with van der Waals surface area (Å²) in [6, 6.07) is 7.39. The number of aliphatic hydroxyl groups is 1. The summed E-state index contributed by atoms with van der Waals surface area (Å²) in [7, 11) is 0. The van der Waals surface area contributed by atoms with Gasteiger partial charge in [0.15, 0.2) is 0 Å². The highest BCUT2D eigenvalue weighted by atomic mass is 16.3. The lowest BCUT2D eigenvalue weighted by Gasteiger charge is -2.19. The molecule has 0 aliphatic heterocycles. The number of carbonyl (C=O) groups is 1. The lowest BCUT2D eigenvalue weighted by atomic mass is 9.93. The summed E-state index contributed by atoms with van der Waals surface area (Å²) in [6.07, 6.45) is 6.28. The van der Waals surface area contributed by atoms with Crippen LogP contribution >= 0.6 is 0 Å². The van der Waals surface area contributed by atoms with Gasteiger partial charge in [-0.15, -0.1) is 0 Å². The first-order valence-corrected chi connectivity index (χ1v) is 6.41. The number of rotatable bonds is 3. The van der Waals surface area contributed by atoms with Crippen LogP contribution in [-0.4, -0.2) is 11.0 Å². The lowest BCUT2D eigenvalue weighted by molar-refractivity contribution is -0.120. The molecule has 0 aromatic heterocycles. The summed E-state index contributed by atoms with van der Waals surface area (Å²) < 4.78 is 0. The van der Waals surface area contributed by atoms with E-state index in [9.17, 15) is 9.90 Å². The molecule has 1 aliphatic rings. The zero-order valence-corrected chi connectivity index (χ0v) is 10.6. The van der Waals surface area contributed by atoms with Gasteiger partial charge >= 0.3 is 0 Å². The molecule has 0 spiro atoms. The molecule has 0 radical (unpaired) electrons. The fourth-order valence-corrected chi connectivity index (χ4v) is 2.24. The van der Waals surface area contributed by atoms with E-state index in [0.29, 0.717) is 5.69 Å². The Balaban J connectivity index is 2.09. The Kier molecular flexibility index (Phi) is 4.15. The predicted molar refractivity (Wildman–Crippen MR) is 72.2 cm³/mol. The van der Waals surface area contributed by atoms with E-state index < -0.39 is 6.10 Å². The van der Waals surface area contributed by atoms with Gasteiger partial charge in [0.2, 0.25) is 5.91 Å². The second kappa shape index (κ2) is 5.83. The van der Waals surface area contributed by atoms with Crippen LogP contribution < -0.4 is 5.32 Å². The fraction of sp³-hybridized carbons (Fsp3) is 0.400. The standard InChI is InChI=1S/C15H19NO2/c1-11(17)13-9-5-6-10-14(13)16-15(18)12-7-3-2-4-8-12/h2-3,5-6,9-12,17H,4,7-8H2,1H3,(H,16,18). The molecule has 0 heterocycles. The number of allylic oxidation sites excluding steroid dienone is 2. The summed E-state index contributed by atoms with van der Waals surface area (Å²) in [6.45, 7) is 1.70. The van der Waals surface area contributed by atoms with Gasteiger partial charge in [-0.05, 0) is 32.3 Å². The van der Waals surface area contributed by atoms with Crippen molar-refractivity contribution in [3.63, 3.8) is 0 Å². The van der Waals surface area contributed by atoms with Crippen molar-refractivity contribution in [2.75, 3.05) is 5.32 Å². The number of hydrogen-bond acceptors (Lipinski definition) is 2. The number of anilines is 1. The molecule has 1 amide bonds. The Hall–Kier alpha value is -1.61. The maximum absolute atomic E-state index is 12.1. The first-order chi connectivity index (χ1) is 8.68. The van der Waals surface area contributed by atoms with Gasteiger partial charge in [0, 0.05) is 17.2 Å². The van der Waals surface area contributed by atoms with Crippen LogP contribution in [0.15, 0.2) is 36.4 Å². The van der Waals surface area contributed by atoms with Crippen LogP contribution in [0.5, 0.6) is 0 Å². The number of para-hydroxylation sites is 1. The van der Waals surface area contributed by atoms with Crippen molar-refractivity contribution in [2.24, 2.45) is 5.92 Å². The van der Waals surface area contributed by atoms with Gasteiger partial charge in [-0.3, -0.25) is 4.79 Å². The Morgan fingerprint density at radius 3 is 2.83 bits per heavy atom. The van der Waals surface area contributed by atoms with Crippen molar-refractivity contribution in [2.45, 2.75) is 32.3 Å². The van der Waals surface area contributed by atoms with Gasteiger partial charge in [0.25, 0.3) is 0 Å². The van der Waals surface area contributed by atoms with Gasteiger partial charge in [0.1, 0.15) is 0 Å². The summed E-state index contributed by atoms with van der Waals surface area (Å²) in [4.78, 5) is 12.1. The minimum absolute atomic E-state index is 0.0486. The monoisotopic (exact) mass is 245 g/mol. The highest BCUT2D eigenvalue weighted by molar-refractivity contribution is 5.93. The summed E-state index contributed by atoms with van der Waals surface area (Å²) in [5, 5.41) is 12.6. The number of benzene rings is 1. The highest BCUT2D eigenvalue weighted by Gasteiger charge is 2.19. The van der Waals surface area contributed by atoms with Crippen molar-refractivity contribution in [3.05, 3.63) is 42.0 Å². The van der Waals surface area contributed by atoms with Gasteiger partial charge in [-0.1, -0.05) is 30.4 Å². The van der Waals surface area contributed by atoms with E-state index >= 15 is 0 Å². The molecular weight excluding hydrogens is 226 g/mol. The second-order valence-corrected chi connectivity index (χ2v) is 4.73. The Morgan fingerprint density at radius 2 is 2.17 bits per heavy atom. The molecule has 18 heavy (non-hydrogen) atoms. The third-order valence-electron chi connectivity index (χ3n) is 3.31. The first-order valence-electron chi connectivity index (χ1n) is 6.41. The molecule has 1 aromatic carbocycles. The summed E-state index contributed by atoms with van der Waals surface area (Å²) in [5.41, 5.74) is 1.48. The Labute approximate surface area is 108 Å². The highest BCUT2D eigenvalue weighted by Crippen LogP contribution is 2.25. The summed E-state index contributed by atoms with van der Waals surface area (Å²) in [5.74, 6) is 0.101. The average Bonchev–Trinajstić information content (AvgIpc) is 2.40. The molecule has 2 unspecified atom stereocenters. The molecule has 1 aliphatic carbocycles. The van der Waals surface area contributed by atoms with Crippen LogP contribution in [-0.2, 0) is 4.79 Å². The molecule has 0 saturated carbocycles. The van der Waals surface area contributed by atoms with Crippen molar-refractivity contribution >= 4 is 11.6 Å². The number of aliphatic hydroxyl groups excluding tert-OH is 1. The van der Waals surface area contributed by atoms with E-state index in [1.54, 1.807) is 6.92 Å². The smallest absolute Gasteiger partial charge is 0.227 e. The van der Waals surface area contributed by atoms with Crippen LogP contribution in [0.1, 0.15) is 37.9 Å². The van der Waals surface area contributed by atoms with E-state index in [2.05, 4.69) is 17.5 Å². The topological polar surface area (TPSA) is 49.3 Å². The molecule has 96 valence electrons. The normalized spacial score (nSPS) is 20.4. The van der Waals surface area contributed by atoms with E-state index in [4.69, 9.17) is 0 Å². The van der Waals surface area contributed by atoms with Crippen LogP contribution in [0.3, 0.4) is 0 Å². The van der Waals surface area contributed by atoms with E-state index in [1.165, 1.54) is 0 Å². The van der Waals surface area contributed by atoms with Gasteiger partial charge in [0.05, 0.1) is 6.10 Å². The molecule has 1 aromatic rings. The predicted octanol–water partition coefficient (Wildman–Crippen LogP) is 3.03. The van der Waals surface area contributed by atoms with E-state index in [-0.39, 0.29) is 11.8 Å². The molecule has 0 fully saturated rings.